The van der Waals surface area contributed by atoms with E-state index in [1.165, 1.54) is 16.7 Å². The molecule has 2 aromatic carbocycles. The Bertz CT molecular complexity index is 1020. The van der Waals surface area contributed by atoms with E-state index in [0.29, 0.717) is 18.1 Å². The molecule has 1 aliphatic rings. The van der Waals surface area contributed by atoms with Crippen molar-refractivity contribution in [1.82, 2.24) is 10.2 Å². The molecule has 0 aliphatic carbocycles. The summed E-state index contributed by atoms with van der Waals surface area (Å²) in [6.45, 7) is 6.53. The third kappa shape index (κ3) is 3.19. The smallest absolute Gasteiger partial charge is 0.162 e. The Labute approximate surface area is 165 Å². The summed E-state index contributed by atoms with van der Waals surface area (Å²) in [5, 5.41) is 9.51. The van der Waals surface area contributed by atoms with Gasteiger partial charge in [0.2, 0.25) is 0 Å². The van der Waals surface area contributed by atoms with Crippen molar-refractivity contribution in [3.63, 3.8) is 0 Å². The minimum Gasteiger partial charge on any atom is -0.494 e. The van der Waals surface area contributed by atoms with Gasteiger partial charge in [-0.3, -0.25) is 0 Å². The van der Waals surface area contributed by atoms with Crippen molar-refractivity contribution in [3.05, 3.63) is 47.2 Å². The summed E-state index contributed by atoms with van der Waals surface area (Å²) in [6.07, 6.45) is 2.82. The highest BCUT2D eigenvalue weighted by Crippen LogP contribution is 2.37. The Morgan fingerprint density at radius 2 is 1.79 bits per heavy atom. The van der Waals surface area contributed by atoms with Crippen LogP contribution in [0, 0.1) is 6.92 Å². The molecule has 6 nitrogen and oxygen atoms in total. The van der Waals surface area contributed by atoms with Gasteiger partial charge in [-0.25, -0.2) is 0 Å². The monoisotopic (exact) mass is 379 g/mol. The van der Waals surface area contributed by atoms with Gasteiger partial charge in [0.25, 0.3) is 0 Å². The van der Waals surface area contributed by atoms with Crippen molar-refractivity contribution in [2.75, 3.05) is 32.3 Å². The van der Waals surface area contributed by atoms with Gasteiger partial charge < -0.3 is 19.1 Å². The number of methoxy groups -OCH3 is 2. The van der Waals surface area contributed by atoms with Crippen LogP contribution in [0.1, 0.15) is 23.6 Å². The number of anilines is 1. The van der Waals surface area contributed by atoms with Crippen LogP contribution in [0.2, 0.25) is 0 Å². The first kappa shape index (κ1) is 18.3. The van der Waals surface area contributed by atoms with Crippen LogP contribution in [0.5, 0.6) is 17.2 Å². The predicted molar refractivity (Wildman–Crippen MR) is 110 cm³/mol. The third-order valence-electron chi connectivity index (χ3n) is 5.27. The highest BCUT2D eigenvalue weighted by atomic mass is 16.5. The molecule has 0 radical (unpaired) electrons. The Morgan fingerprint density at radius 3 is 2.54 bits per heavy atom. The summed E-state index contributed by atoms with van der Waals surface area (Å²) in [6, 6.07) is 8.29. The molecule has 0 atom stereocenters. The fourth-order valence-electron chi connectivity index (χ4n) is 3.85. The summed E-state index contributed by atoms with van der Waals surface area (Å²) in [7, 11) is 3.27. The van der Waals surface area contributed by atoms with Crippen LogP contribution in [0.15, 0.2) is 30.5 Å². The quantitative estimate of drug-likeness (QED) is 0.670. The first-order chi connectivity index (χ1) is 13.6. The highest BCUT2D eigenvalue weighted by molar-refractivity contribution is 5.93. The minimum absolute atomic E-state index is 0.655. The summed E-state index contributed by atoms with van der Waals surface area (Å²) >= 11 is 0. The number of aryl methyl sites for hydroxylation is 1. The van der Waals surface area contributed by atoms with Crippen molar-refractivity contribution in [3.8, 4) is 17.2 Å². The largest absolute Gasteiger partial charge is 0.494 e. The molecule has 1 aliphatic heterocycles. The van der Waals surface area contributed by atoms with E-state index in [-0.39, 0.29) is 0 Å². The Kier molecular flexibility index (Phi) is 4.94. The molecule has 28 heavy (non-hydrogen) atoms. The summed E-state index contributed by atoms with van der Waals surface area (Å²) in [5.74, 6) is 2.31. The van der Waals surface area contributed by atoms with Gasteiger partial charge in [-0.1, -0.05) is 6.07 Å². The van der Waals surface area contributed by atoms with E-state index in [1.807, 2.05) is 25.3 Å². The van der Waals surface area contributed by atoms with Crippen LogP contribution in [0.25, 0.3) is 10.9 Å². The molecule has 0 saturated carbocycles. The molecule has 6 heteroatoms. The van der Waals surface area contributed by atoms with Crippen molar-refractivity contribution < 1.29 is 14.2 Å². The van der Waals surface area contributed by atoms with Crippen LogP contribution < -0.4 is 19.1 Å². The standard InChI is InChI=1S/C22H25N3O3/c1-5-28-20-9-16-13-25(7-6-15(16)8-14(20)2)19-12-23-24-18-11-22(27-4)21(26-3)10-17(18)19/h8-12H,5-7,13H2,1-4H3. The van der Waals surface area contributed by atoms with Crippen molar-refractivity contribution in [2.45, 2.75) is 26.8 Å². The van der Waals surface area contributed by atoms with Crippen LogP contribution >= 0.6 is 0 Å². The second-order valence-electron chi connectivity index (χ2n) is 6.95. The lowest BCUT2D eigenvalue weighted by molar-refractivity contribution is 0.337. The van der Waals surface area contributed by atoms with E-state index < -0.39 is 0 Å². The second-order valence-corrected chi connectivity index (χ2v) is 6.95. The van der Waals surface area contributed by atoms with Gasteiger partial charge in [0.1, 0.15) is 5.75 Å². The molecule has 3 aromatic rings. The number of fused-ring (bicyclic) bond motifs is 2. The normalized spacial score (nSPS) is 13.4. The summed E-state index contributed by atoms with van der Waals surface area (Å²) in [5.41, 5.74) is 5.73. The first-order valence-electron chi connectivity index (χ1n) is 9.52. The first-order valence-corrected chi connectivity index (χ1v) is 9.52. The van der Waals surface area contributed by atoms with E-state index in [4.69, 9.17) is 14.2 Å². The zero-order valence-corrected chi connectivity index (χ0v) is 16.8. The fraction of sp³-hybridized carbons (Fsp3) is 0.364. The average Bonchev–Trinajstić information content (AvgIpc) is 2.72. The zero-order chi connectivity index (χ0) is 19.7. The molecule has 0 spiro atoms. The SMILES string of the molecule is CCOc1cc2c(cc1C)CCN(c1cnnc3cc(OC)c(OC)cc13)C2. The van der Waals surface area contributed by atoms with Gasteiger partial charge in [0, 0.05) is 24.5 Å². The average molecular weight is 379 g/mol. The zero-order valence-electron chi connectivity index (χ0n) is 16.8. The molecule has 0 N–H and O–H groups in total. The lowest BCUT2D eigenvalue weighted by Gasteiger charge is -2.32. The van der Waals surface area contributed by atoms with Crippen LogP contribution in [-0.4, -0.2) is 37.6 Å². The van der Waals surface area contributed by atoms with E-state index in [1.54, 1.807) is 14.2 Å². The number of nitrogens with zero attached hydrogens (tertiary/aromatic N) is 3. The van der Waals surface area contributed by atoms with Gasteiger partial charge in [-0.05, 0) is 49.1 Å². The van der Waals surface area contributed by atoms with Gasteiger partial charge in [-0.15, -0.1) is 0 Å². The van der Waals surface area contributed by atoms with Gasteiger partial charge in [0.05, 0.1) is 38.2 Å². The van der Waals surface area contributed by atoms with Gasteiger partial charge in [0.15, 0.2) is 11.5 Å². The Morgan fingerprint density at radius 1 is 1.00 bits per heavy atom. The van der Waals surface area contributed by atoms with Crippen molar-refractivity contribution >= 4 is 16.6 Å². The Hall–Kier alpha value is -3.02. The Balaban J connectivity index is 1.74. The molecule has 0 unspecified atom stereocenters. The maximum Gasteiger partial charge on any atom is 0.162 e. The molecule has 1 aromatic heterocycles. The third-order valence-corrected chi connectivity index (χ3v) is 5.27. The number of aromatic nitrogens is 2. The molecule has 146 valence electrons. The van der Waals surface area contributed by atoms with Crippen molar-refractivity contribution in [2.24, 2.45) is 0 Å². The minimum atomic E-state index is 0.655. The molecule has 0 amide bonds. The maximum atomic E-state index is 5.80. The topological polar surface area (TPSA) is 56.7 Å². The van der Waals surface area contributed by atoms with E-state index in [2.05, 4.69) is 34.2 Å². The lowest BCUT2D eigenvalue weighted by Crippen LogP contribution is -2.30. The van der Waals surface area contributed by atoms with Gasteiger partial charge >= 0.3 is 0 Å². The van der Waals surface area contributed by atoms with Crippen LogP contribution in [-0.2, 0) is 13.0 Å². The van der Waals surface area contributed by atoms with Crippen LogP contribution in [0.3, 0.4) is 0 Å². The summed E-state index contributed by atoms with van der Waals surface area (Å²) < 4.78 is 16.7. The molecule has 0 saturated heterocycles. The van der Waals surface area contributed by atoms with E-state index in [0.717, 1.165) is 41.9 Å². The molecule has 0 bridgehead atoms. The maximum absolute atomic E-state index is 5.80. The molecule has 0 fully saturated rings. The highest BCUT2D eigenvalue weighted by Gasteiger charge is 2.21. The number of benzene rings is 2. The van der Waals surface area contributed by atoms with Crippen LogP contribution in [0.4, 0.5) is 5.69 Å². The summed E-state index contributed by atoms with van der Waals surface area (Å²) in [4.78, 5) is 2.34. The van der Waals surface area contributed by atoms with Crippen molar-refractivity contribution in [1.29, 1.82) is 0 Å². The number of ether oxygens (including phenoxy) is 3. The predicted octanol–water partition coefficient (Wildman–Crippen LogP) is 3.92. The molecular weight excluding hydrogens is 354 g/mol. The van der Waals surface area contributed by atoms with Gasteiger partial charge in [-0.2, -0.15) is 10.2 Å². The number of rotatable bonds is 5. The molecular formula is C22H25N3O3. The molecule has 4 rings (SSSR count). The lowest BCUT2D eigenvalue weighted by atomic mass is 9.96. The number of hydrogen-bond donors (Lipinski definition) is 0. The second kappa shape index (κ2) is 7.54. The fourth-order valence-corrected chi connectivity index (χ4v) is 3.85. The number of hydrogen-bond acceptors (Lipinski definition) is 6. The van der Waals surface area contributed by atoms with E-state index >= 15 is 0 Å². The molecule has 2 heterocycles. The van der Waals surface area contributed by atoms with E-state index in [9.17, 15) is 0 Å².